The molecule has 3 atom stereocenters. The molecule has 5 amide bonds. The maximum absolute atomic E-state index is 13.9. The van der Waals surface area contributed by atoms with Gasteiger partial charge in [-0.3, -0.25) is 28.8 Å². The minimum Gasteiger partial charge on any atom is -0.468 e. The molecule has 1 aromatic rings. The summed E-state index contributed by atoms with van der Waals surface area (Å²) in [6.07, 6.45) is 4.28. The van der Waals surface area contributed by atoms with Gasteiger partial charge in [-0.05, 0) is 30.2 Å². The lowest BCUT2D eigenvalue weighted by molar-refractivity contribution is -0.147. The molecule has 12 heteroatoms. The molecule has 0 bridgehead atoms. The van der Waals surface area contributed by atoms with Crippen molar-refractivity contribution in [2.45, 2.75) is 72.0 Å². The van der Waals surface area contributed by atoms with Gasteiger partial charge in [0.25, 0.3) is 0 Å². The molecule has 0 spiro atoms. The summed E-state index contributed by atoms with van der Waals surface area (Å²) < 4.78 is 4.82. The maximum Gasteiger partial charge on any atom is 0.325 e. The second-order valence-corrected chi connectivity index (χ2v) is 11.7. The monoisotopic (exact) mass is 613 g/mol. The zero-order chi connectivity index (χ0) is 32.8. The van der Waals surface area contributed by atoms with E-state index in [0.717, 1.165) is 5.56 Å². The Balaban J connectivity index is 2.53. The molecule has 0 saturated heterocycles. The van der Waals surface area contributed by atoms with Crippen LogP contribution in [0.25, 0.3) is 0 Å². The molecule has 1 aliphatic rings. The number of esters is 1. The first-order valence-electron chi connectivity index (χ1n) is 15.0. The molecule has 1 heterocycles. The lowest BCUT2D eigenvalue weighted by Crippen LogP contribution is -2.59. The topological polar surface area (TPSA) is 154 Å². The van der Waals surface area contributed by atoms with Crippen LogP contribution < -0.4 is 16.0 Å². The predicted molar refractivity (Wildman–Crippen MR) is 165 cm³/mol. The molecule has 0 saturated carbocycles. The normalized spacial score (nSPS) is 22.0. The molecular weight excluding hydrogens is 566 g/mol. The van der Waals surface area contributed by atoms with E-state index in [9.17, 15) is 28.8 Å². The van der Waals surface area contributed by atoms with E-state index in [-0.39, 0.29) is 50.3 Å². The Bertz CT molecular complexity index is 1180. The third-order valence-electron chi connectivity index (χ3n) is 7.20. The van der Waals surface area contributed by atoms with Crippen LogP contribution in [0.5, 0.6) is 0 Å². The summed E-state index contributed by atoms with van der Waals surface area (Å²) >= 11 is 0. The summed E-state index contributed by atoms with van der Waals surface area (Å²) in [7, 11) is 1.23. The third kappa shape index (κ3) is 11.8. The lowest BCUT2D eigenvalue weighted by Gasteiger charge is -2.30. The van der Waals surface area contributed by atoms with Gasteiger partial charge in [-0.25, -0.2) is 0 Å². The molecular formula is C32H47N5O7. The number of nitrogens with one attached hydrogen (secondary N) is 3. The van der Waals surface area contributed by atoms with Gasteiger partial charge in [0, 0.05) is 26.4 Å². The highest BCUT2D eigenvalue weighted by atomic mass is 16.5. The molecule has 242 valence electrons. The van der Waals surface area contributed by atoms with Crippen molar-refractivity contribution in [3.8, 4) is 0 Å². The van der Waals surface area contributed by atoms with Gasteiger partial charge in [-0.2, -0.15) is 0 Å². The Morgan fingerprint density at radius 1 is 0.932 bits per heavy atom. The first-order chi connectivity index (χ1) is 20.8. The predicted octanol–water partition coefficient (Wildman–Crippen LogP) is 1.20. The zero-order valence-corrected chi connectivity index (χ0v) is 26.6. The molecule has 0 radical (unpaired) electrons. The van der Waals surface area contributed by atoms with Crippen molar-refractivity contribution in [3.05, 3.63) is 48.0 Å². The third-order valence-corrected chi connectivity index (χ3v) is 7.20. The van der Waals surface area contributed by atoms with E-state index in [1.54, 1.807) is 26.0 Å². The van der Waals surface area contributed by atoms with Crippen molar-refractivity contribution in [2.75, 3.05) is 33.3 Å². The van der Waals surface area contributed by atoms with Crippen LogP contribution in [0.4, 0.5) is 0 Å². The van der Waals surface area contributed by atoms with Crippen molar-refractivity contribution in [3.63, 3.8) is 0 Å². The Morgan fingerprint density at radius 2 is 1.61 bits per heavy atom. The number of carbonyl (C=O) groups is 6. The molecule has 1 aromatic carbocycles. The fourth-order valence-electron chi connectivity index (χ4n) is 4.79. The molecule has 2 rings (SSSR count). The molecule has 3 N–H and O–H groups in total. The highest BCUT2D eigenvalue weighted by Gasteiger charge is 2.33. The molecule has 0 aromatic heterocycles. The van der Waals surface area contributed by atoms with E-state index in [2.05, 4.69) is 16.0 Å². The van der Waals surface area contributed by atoms with Gasteiger partial charge < -0.3 is 30.5 Å². The number of nitrogens with zero attached hydrogens (tertiary/aromatic N) is 2. The van der Waals surface area contributed by atoms with Gasteiger partial charge in [0.2, 0.25) is 29.5 Å². The van der Waals surface area contributed by atoms with Gasteiger partial charge >= 0.3 is 5.97 Å². The Hall–Kier alpha value is -4.22. The van der Waals surface area contributed by atoms with Crippen LogP contribution in [0.15, 0.2) is 42.5 Å². The zero-order valence-electron chi connectivity index (χ0n) is 26.6. The van der Waals surface area contributed by atoms with Crippen LogP contribution in [0.2, 0.25) is 0 Å². The minimum absolute atomic E-state index is 0.0386. The largest absolute Gasteiger partial charge is 0.468 e. The number of methoxy groups -OCH3 is 1. The maximum atomic E-state index is 13.9. The first kappa shape index (κ1) is 36.0. The van der Waals surface area contributed by atoms with E-state index in [0.29, 0.717) is 12.8 Å². The summed E-state index contributed by atoms with van der Waals surface area (Å²) in [6.45, 7) is 8.38. The summed E-state index contributed by atoms with van der Waals surface area (Å²) in [5, 5.41) is 8.34. The highest BCUT2D eigenvalue weighted by molar-refractivity contribution is 5.95. The van der Waals surface area contributed by atoms with Gasteiger partial charge in [-0.15, -0.1) is 0 Å². The highest BCUT2D eigenvalue weighted by Crippen LogP contribution is 2.12. The quantitative estimate of drug-likeness (QED) is 0.308. The minimum atomic E-state index is -1.06. The number of benzene rings is 1. The first-order valence-corrected chi connectivity index (χ1v) is 15.0. The molecule has 0 aliphatic carbocycles. The van der Waals surface area contributed by atoms with Crippen molar-refractivity contribution in [1.82, 2.24) is 25.8 Å². The van der Waals surface area contributed by atoms with Gasteiger partial charge in [0.1, 0.15) is 24.7 Å². The van der Waals surface area contributed by atoms with Crippen molar-refractivity contribution in [1.29, 1.82) is 0 Å². The van der Waals surface area contributed by atoms with Crippen molar-refractivity contribution < 1.29 is 33.5 Å². The summed E-state index contributed by atoms with van der Waals surface area (Å²) in [5.41, 5.74) is 0.788. The molecule has 0 unspecified atom stereocenters. The van der Waals surface area contributed by atoms with Crippen LogP contribution in [0, 0.1) is 11.8 Å². The van der Waals surface area contributed by atoms with Crippen LogP contribution in [0.3, 0.4) is 0 Å². The molecule has 1 aliphatic heterocycles. The summed E-state index contributed by atoms with van der Waals surface area (Å²) in [6, 6.07) is 6.12. The van der Waals surface area contributed by atoms with Gasteiger partial charge in [0.05, 0.1) is 13.7 Å². The number of amides is 5. The standard InChI is InChI=1S/C32H47N5O7/c1-21(2)17-25-30(41)35-29(22(3)4)31(42)34-26(18-24-13-9-7-10-14-24)32(43)37(20-28(40)44-6)16-12-8-11-15-36(23(5)38)19-27(39)33-25/h7-10,12-14,21-22,25-26,29H,11,15-20H2,1-6H3,(H,33,39)(H,34,42)(H,35,41)/b12-8-/t25-,26-,29+/m0/s1. The Labute approximate surface area is 259 Å². The van der Waals surface area contributed by atoms with Crippen LogP contribution in [0.1, 0.15) is 53.0 Å². The van der Waals surface area contributed by atoms with Crippen LogP contribution in [-0.2, 0) is 39.9 Å². The van der Waals surface area contributed by atoms with Crippen LogP contribution in [-0.4, -0.2) is 96.7 Å². The second-order valence-electron chi connectivity index (χ2n) is 11.7. The molecule has 44 heavy (non-hydrogen) atoms. The summed E-state index contributed by atoms with van der Waals surface area (Å²) in [5.74, 6) is -3.37. The van der Waals surface area contributed by atoms with Crippen LogP contribution >= 0.6 is 0 Å². The van der Waals surface area contributed by atoms with Crippen molar-refractivity contribution >= 4 is 35.5 Å². The summed E-state index contributed by atoms with van der Waals surface area (Å²) in [4.78, 5) is 81.3. The van der Waals surface area contributed by atoms with E-state index < -0.39 is 47.7 Å². The van der Waals surface area contributed by atoms with Gasteiger partial charge in [-0.1, -0.05) is 70.2 Å². The van der Waals surface area contributed by atoms with Gasteiger partial charge in [0.15, 0.2) is 0 Å². The number of carbonyl (C=O) groups excluding carboxylic acids is 6. The average Bonchev–Trinajstić information content (AvgIpc) is 2.96. The SMILES string of the molecule is COC(=O)CN1C/C=C\CCN(C(C)=O)CC(=O)N[C@@H](CC(C)C)C(=O)N[C@H](C(C)C)C(=O)N[C@@H](Cc2ccccc2)C1=O. The van der Waals surface area contributed by atoms with E-state index >= 15 is 0 Å². The lowest BCUT2D eigenvalue weighted by atomic mass is 9.98. The number of hydrogen-bond donors (Lipinski definition) is 3. The van der Waals surface area contributed by atoms with E-state index in [1.165, 1.54) is 23.8 Å². The number of ether oxygens (including phenoxy) is 1. The van der Waals surface area contributed by atoms with Crippen molar-refractivity contribution in [2.24, 2.45) is 11.8 Å². The molecule has 0 fully saturated rings. The van der Waals surface area contributed by atoms with E-state index in [4.69, 9.17) is 4.74 Å². The Morgan fingerprint density at radius 3 is 2.20 bits per heavy atom. The fraction of sp³-hybridized carbons (Fsp3) is 0.562. The molecule has 12 nitrogen and oxygen atoms in total. The van der Waals surface area contributed by atoms with E-state index in [1.807, 2.05) is 44.2 Å². The number of rotatable bonds is 7. The average molecular weight is 614 g/mol. The smallest absolute Gasteiger partial charge is 0.325 e. The fourth-order valence-corrected chi connectivity index (χ4v) is 4.79. The second kappa shape index (κ2) is 17.8. The number of hydrogen-bond acceptors (Lipinski definition) is 7. The Kier molecular flexibility index (Phi) is 14.5.